The highest BCUT2D eigenvalue weighted by Gasteiger charge is 2.29. The molecule has 2 aromatic rings. The lowest BCUT2D eigenvalue weighted by atomic mass is 10.00. The minimum atomic E-state index is -0.0575. The fourth-order valence-corrected chi connectivity index (χ4v) is 2.40. The third-order valence-corrected chi connectivity index (χ3v) is 3.70. The van der Waals surface area contributed by atoms with E-state index < -0.39 is 0 Å². The molecule has 0 spiro atoms. The third kappa shape index (κ3) is 2.93. The molecule has 2 atom stereocenters. The number of hydrogen-bond donors (Lipinski definition) is 0. The molecule has 0 aliphatic carbocycles. The molecule has 0 unspecified atom stereocenters. The van der Waals surface area contributed by atoms with Gasteiger partial charge >= 0.3 is 0 Å². The quantitative estimate of drug-likeness (QED) is 0.715. The maximum Gasteiger partial charge on any atom is 0.121 e. The molecule has 1 fully saturated rings. The van der Waals surface area contributed by atoms with Gasteiger partial charge in [0.2, 0.25) is 0 Å². The van der Waals surface area contributed by atoms with E-state index in [-0.39, 0.29) is 12.2 Å². The van der Waals surface area contributed by atoms with Gasteiger partial charge in [0.1, 0.15) is 12.2 Å². The summed E-state index contributed by atoms with van der Waals surface area (Å²) < 4.78 is 0. The summed E-state index contributed by atoms with van der Waals surface area (Å²) in [5, 5.41) is 1.44. The zero-order chi connectivity index (χ0) is 13.2. The van der Waals surface area contributed by atoms with Crippen molar-refractivity contribution in [2.24, 2.45) is 0 Å². The first kappa shape index (κ1) is 12.9. The molecule has 1 aliphatic heterocycles. The van der Waals surface area contributed by atoms with Crippen molar-refractivity contribution in [3.63, 3.8) is 0 Å². The van der Waals surface area contributed by atoms with Crippen LogP contribution in [0, 0.1) is 0 Å². The van der Waals surface area contributed by atoms with Gasteiger partial charge in [-0.1, -0.05) is 47.5 Å². The number of hydrogen-bond acceptors (Lipinski definition) is 2. The molecule has 2 nitrogen and oxygen atoms in total. The second-order valence-corrected chi connectivity index (χ2v) is 5.38. The Labute approximate surface area is 121 Å². The lowest BCUT2D eigenvalue weighted by molar-refractivity contribution is -0.300. The minimum absolute atomic E-state index is 0.0575. The predicted octanol–water partition coefficient (Wildman–Crippen LogP) is 5.13. The average molecular weight is 295 g/mol. The second-order valence-electron chi connectivity index (χ2n) is 4.51. The lowest BCUT2D eigenvalue weighted by Gasteiger charge is -2.07. The van der Waals surface area contributed by atoms with Crippen molar-refractivity contribution in [2.75, 3.05) is 0 Å². The van der Waals surface area contributed by atoms with E-state index in [9.17, 15) is 0 Å². The highest BCUT2D eigenvalue weighted by atomic mass is 35.5. The van der Waals surface area contributed by atoms with Crippen LogP contribution < -0.4 is 0 Å². The fourth-order valence-electron chi connectivity index (χ4n) is 2.15. The van der Waals surface area contributed by atoms with E-state index in [4.69, 9.17) is 33.0 Å². The molecule has 0 aromatic heterocycles. The van der Waals surface area contributed by atoms with Crippen molar-refractivity contribution in [3.05, 3.63) is 69.7 Å². The maximum atomic E-state index is 5.87. The monoisotopic (exact) mass is 294 g/mol. The molecule has 1 saturated heterocycles. The second kappa shape index (κ2) is 5.51. The molecule has 4 heteroatoms. The van der Waals surface area contributed by atoms with Crippen molar-refractivity contribution < 1.29 is 9.78 Å². The molecule has 1 heterocycles. The van der Waals surface area contributed by atoms with E-state index in [1.165, 1.54) is 0 Å². The van der Waals surface area contributed by atoms with Gasteiger partial charge in [0.15, 0.2) is 0 Å². The van der Waals surface area contributed by atoms with E-state index in [1.807, 2.05) is 48.5 Å². The van der Waals surface area contributed by atoms with Gasteiger partial charge in [0.05, 0.1) is 0 Å². The Bertz CT molecular complexity index is 500. The van der Waals surface area contributed by atoms with Crippen LogP contribution in [0.25, 0.3) is 0 Å². The molecule has 0 N–H and O–H groups in total. The summed E-state index contributed by atoms with van der Waals surface area (Å²) in [5.41, 5.74) is 2.14. The Morgan fingerprint density at radius 3 is 1.42 bits per heavy atom. The summed E-state index contributed by atoms with van der Waals surface area (Å²) in [6.45, 7) is 0. The van der Waals surface area contributed by atoms with Gasteiger partial charge in [-0.2, -0.15) is 0 Å². The summed E-state index contributed by atoms with van der Waals surface area (Å²) in [7, 11) is 0. The first-order chi connectivity index (χ1) is 9.22. The number of halogens is 2. The molecule has 0 bridgehead atoms. The van der Waals surface area contributed by atoms with Crippen molar-refractivity contribution in [2.45, 2.75) is 18.6 Å². The van der Waals surface area contributed by atoms with Crippen molar-refractivity contribution in [1.29, 1.82) is 0 Å². The molecule has 19 heavy (non-hydrogen) atoms. The van der Waals surface area contributed by atoms with Gasteiger partial charge in [0.25, 0.3) is 0 Å². The van der Waals surface area contributed by atoms with Crippen LogP contribution in [0.2, 0.25) is 10.0 Å². The van der Waals surface area contributed by atoms with Crippen LogP contribution in [0.5, 0.6) is 0 Å². The minimum Gasteiger partial charge on any atom is -0.228 e. The first-order valence-electron chi connectivity index (χ1n) is 6.05. The number of benzene rings is 2. The summed E-state index contributed by atoms with van der Waals surface area (Å²) in [6.07, 6.45) is 0.666. The van der Waals surface area contributed by atoms with Crippen LogP contribution in [0.1, 0.15) is 29.8 Å². The Balaban J connectivity index is 1.73. The topological polar surface area (TPSA) is 18.5 Å². The van der Waals surface area contributed by atoms with E-state index in [0.29, 0.717) is 0 Å². The zero-order valence-corrected chi connectivity index (χ0v) is 11.6. The van der Waals surface area contributed by atoms with Crippen LogP contribution in [0.4, 0.5) is 0 Å². The van der Waals surface area contributed by atoms with Gasteiger partial charge in [-0.25, -0.2) is 9.78 Å². The summed E-state index contributed by atoms with van der Waals surface area (Å²) in [6, 6.07) is 15.3. The van der Waals surface area contributed by atoms with E-state index in [2.05, 4.69) is 0 Å². The first-order valence-corrected chi connectivity index (χ1v) is 6.81. The van der Waals surface area contributed by atoms with Crippen LogP contribution in [0.15, 0.2) is 48.5 Å². The zero-order valence-electron chi connectivity index (χ0n) is 10.1. The highest BCUT2D eigenvalue weighted by molar-refractivity contribution is 6.30. The SMILES string of the molecule is Clc1ccc([C@@H]2C[C@@H](c3ccc(Cl)cc3)OO2)cc1. The lowest BCUT2D eigenvalue weighted by Crippen LogP contribution is -1.96. The largest absolute Gasteiger partial charge is 0.228 e. The molecular formula is C15H12Cl2O2. The molecule has 0 radical (unpaired) electrons. The molecule has 0 amide bonds. The molecular weight excluding hydrogens is 283 g/mol. The van der Waals surface area contributed by atoms with Crippen molar-refractivity contribution in [3.8, 4) is 0 Å². The Morgan fingerprint density at radius 1 is 0.684 bits per heavy atom. The van der Waals surface area contributed by atoms with E-state index in [1.54, 1.807) is 0 Å². The van der Waals surface area contributed by atoms with Gasteiger partial charge in [-0.15, -0.1) is 0 Å². The van der Waals surface area contributed by atoms with Crippen molar-refractivity contribution in [1.82, 2.24) is 0 Å². The smallest absolute Gasteiger partial charge is 0.121 e. The maximum absolute atomic E-state index is 5.87. The summed E-state index contributed by atoms with van der Waals surface area (Å²) in [5.74, 6) is 0. The Kier molecular flexibility index (Phi) is 3.76. The third-order valence-electron chi connectivity index (χ3n) is 3.20. The van der Waals surface area contributed by atoms with Gasteiger partial charge < -0.3 is 0 Å². The fraction of sp³-hybridized carbons (Fsp3) is 0.200. The molecule has 98 valence electrons. The van der Waals surface area contributed by atoms with Crippen molar-refractivity contribution >= 4 is 23.2 Å². The van der Waals surface area contributed by atoms with Gasteiger partial charge in [-0.3, -0.25) is 0 Å². The Hall–Kier alpha value is -1.06. The normalized spacial score (nSPS) is 22.6. The van der Waals surface area contributed by atoms with Crippen LogP contribution in [-0.4, -0.2) is 0 Å². The van der Waals surface area contributed by atoms with Crippen LogP contribution in [0.3, 0.4) is 0 Å². The molecule has 2 aromatic carbocycles. The number of rotatable bonds is 2. The van der Waals surface area contributed by atoms with Crippen LogP contribution in [-0.2, 0) is 9.78 Å². The molecule has 1 aliphatic rings. The Morgan fingerprint density at radius 2 is 1.05 bits per heavy atom. The van der Waals surface area contributed by atoms with Gasteiger partial charge in [0, 0.05) is 16.5 Å². The average Bonchev–Trinajstić information content (AvgIpc) is 2.90. The van der Waals surface area contributed by atoms with E-state index >= 15 is 0 Å². The van der Waals surface area contributed by atoms with Crippen LogP contribution >= 0.6 is 23.2 Å². The standard InChI is InChI=1S/C15H12Cl2O2/c16-12-5-1-10(2-6-12)14-9-15(19-18-14)11-3-7-13(17)8-4-11/h1-8,14-15H,9H2/t14-,15-/m0/s1. The highest BCUT2D eigenvalue weighted by Crippen LogP contribution is 2.39. The predicted molar refractivity (Wildman–Crippen MR) is 75.2 cm³/mol. The van der Waals surface area contributed by atoms with E-state index in [0.717, 1.165) is 27.6 Å². The summed E-state index contributed by atoms with van der Waals surface area (Å²) >= 11 is 11.7. The molecule has 0 saturated carbocycles. The summed E-state index contributed by atoms with van der Waals surface area (Å²) in [4.78, 5) is 10.8. The molecule has 3 rings (SSSR count). The van der Waals surface area contributed by atoms with Gasteiger partial charge in [-0.05, 0) is 35.4 Å².